The molecule has 0 radical (unpaired) electrons. The van der Waals surface area contributed by atoms with Crippen molar-refractivity contribution in [3.63, 3.8) is 0 Å². The highest BCUT2D eigenvalue weighted by atomic mass is 127. The Bertz CT molecular complexity index is 621. The van der Waals surface area contributed by atoms with Gasteiger partial charge >= 0.3 is 5.97 Å². The van der Waals surface area contributed by atoms with Gasteiger partial charge in [0.05, 0.1) is 0 Å². The number of hydrogen-bond donors (Lipinski definition) is 1. The van der Waals surface area contributed by atoms with Gasteiger partial charge in [0.2, 0.25) is 0 Å². The Kier molecular flexibility index (Phi) is 5.17. The molecule has 102 valence electrons. The first-order chi connectivity index (χ1) is 9.66. The number of ether oxygens (including phenoxy) is 1. The van der Waals surface area contributed by atoms with Crippen LogP contribution in [0.1, 0.15) is 15.9 Å². The van der Waals surface area contributed by atoms with Crippen molar-refractivity contribution in [1.29, 1.82) is 0 Å². The monoisotopic (exact) mass is 380 g/mol. The second-order valence-corrected chi connectivity index (χ2v) is 5.32. The second-order valence-electron chi connectivity index (χ2n) is 4.07. The SMILES string of the molecule is O=C(O)c1cc(I)ccc1OC/C=C/c1ccccc1. The minimum absolute atomic E-state index is 0.185. The number of aromatic carboxylic acids is 1. The average Bonchev–Trinajstić information content (AvgIpc) is 2.45. The summed E-state index contributed by atoms with van der Waals surface area (Å²) in [6.07, 6.45) is 3.80. The summed E-state index contributed by atoms with van der Waals surface area (Å²) in [6, 6.07) is 15.0. The van der Waals surface area contributed by atoms with Gasteiger partial charge in [-0.1, -0.05) is 36.4 Å². The van der Waals surface area contributed by atoms with Crippen LogP contribution >= 0.6 is 22.6 Å². The molecule has 0 bridgehead atoms. The molecule has 0 spiro atoms. The Morgan fingerprint density at radius 2 is 1.95 bits per heavy atom. The number of rotatable bonds is 5. The van der Waals surface area contributed by atoms with Crippen LogP contribution in [0.4, 0.5) is 0 Å². The fourth-order valence-corrected chi connectivity index (χ4v) is 2.17. The Labute approximate surface area is 131 Å². The van der Waals surface area contributed by atoms with E-state index in [4.69, 9.17) is 9.84 Å². The van der Waals surface area contributed by atoms with Gasteiger partial charge in [-0.15, -0.1) is 0 Å². The molecule has 0 aliphatic carbocycles. The molecule has 0 fully saturated rings. The molecular formula is C16H13IO3. The van der Waals surface area contributed by atoms with E-state index >= 15 is 0 Å². The molecule has 4 heteroatoms. The molecular weight excluding hydrogens is 367 g/mol. The largest absolute Gasteiger partial charge is 0.489 e. The van der Waals surface area contributed by atoms with Gasteiger partial charge in [-0.05, 0) is 52.4 Å². The number of carboxylic acid groups (broad SMARTS) is 1. The highest BCUT2D eigenvalue weighted by molar-refractivity contribution is 14.1. The number of benzene rings is 2. The van der Waals surface area contributed by atoms with Crippen molar-refractivity contribution in [2.24, 2.45) is 0 Å². The molecule has 0 amide bonds. The van der Waals surface area contributed by atoms with E-state index in [0.717, 1.165) is 9.13 Å². The standard InChI is InChI=1S/C16H13IO3/c17-13-8-9-15(14(11-13)16(18)19)20-10-4-7-12-5-2-1-3-6-12/h1-9,11H,10H2,(H,18,19)/b7-4+. The number of carbonyl (C=O) groups is 1. The highest BCUT2D eigenvalue weighted by Gasteiger charge is 2.11. The van der Waals surface area contributed by atoms with Crippen LogP contribution in [0.3, 0.4) is 0 Å². The summed E-state index contributed by atoms with van der Waals surface area (Å²) in [5.74, 6) is -0.596. The maximum atomic E-state index is 11.1. The van der Waals surface area contributed by atoms with Crippen LogP contribution in [-0.4, -0.2) is 17.7 Å². The third kappa shape index (κ3) is 4.09. The van der Waals surface area contributed by atoms with E-state index in [2.05, 4.69) is 22.6 Å². The van der Waals surface area contributed by atoms with Gasteiger partial charge in [0.15, 0.2) is 0 Å². The minimum Gasteiger partial charge on any atom is -0.489 e. The first-order valence-electron chi connectivity index (χ1n) is 6.04. The van der Waals surface area contributed by atoms with Gasteiger partial charge in [0, 0.05) is 3.57 Å². The van der Waals surface area contributed by atoms with Crippen molar-refractivity contribution >= 4 is 34.6 Å². The van der Waals surface area contributed by atoms with E-state index < -0.39 is 5.97 Å². The summed E-state index contributed by atoms with van der Waals surface area (Å²) >= 11 is 2.08. The average molecular weight is 380 g/mol. The molecule has 0 saturated carbocycles. The molecule has 1 N–H and O–H groups in total. The van der Waals surface area contributed by atoms with Crippen LogP contribution in [0.25, 0.3) is 6.08 Å². The van der Waals surface area contributed by atoms with Crippen molar-refractivity contribution in [3.8, 4) is 5.75 Å². The third-order valence-corrected chi connectivity index (χ3v) is 3.29. The van der Waals surface area contributed by atoms with Crippen LogP contribution in [0.5, 0.6) is 5.75 Å². The first-order valence-corrected chi connectivity index (χ1v) is 7.12. The summed E-state index contributed by atoms with van der Waals surface area (Å²) in [4.78, 5) is 11.1. The van der Waals surface area contributed by atoms with E-state index in [1.165, 1.54) is 0 Å². The van der Waals surface area contributed by atoms with Gasteiger partial charge in [-0.2, -0.15) is 0 Å². The first kappa shape index (κ1) is 14.6. The maximum absolute atomic E-state index is 11.1. The molecule has 0 heterocycles. The van der Waals surface area contributed by atoms with E-state index in [1.54, 1.807) is 12.1 Å². The van der Waals surface area contributed by atoms with E-state index in [9.17, 15) is 4.79 Å². The molecule has 0 saturated heterocycles. The Balaban J connectivity index is 2.01. The highest BCUT2D eigenvalue weighted by Crippen LogP contribution is 2.21. The fourth-order valence-electron chi connectivity index (χ4n) is 1.68. The van der Waals surface area contributed by atoms with E-state index in [0.29, 0.717) is 12.4 Å². The zero-order chi connectivity index (χ0) is 14.4. The molecule has 2 rings (SSSR count). The number of hydrogen-bond acceptors (Lipinski definition) is 2. The molecule has 0 aromatic heterocycles. The molecule has 2 aromatic rings. The second kappa shape index (κ2) is 7.09. The van der Waals surface area contributed by atoms with Crippen LogP contribution in [-0.2, 0) is 0 Å². The van der Waals surface area contributed by atoms with Gasteiger partial charge in [0.1, 0.15) is 17.9 Å². The van der Waals surface area contributed by atoms with Crippen LogP contribution in [0.15, 0.2) is 54.6 Å². The summed E-state index contributed by atoms with van der Waals surface area (Å²) in [6.45, 7) is 0.329. The summed E-state index contributed by atoms with van der Waals surface area (Å²) < 4.78 is 6.37. The summed E-state index contributed by atoms with van der Waals surface area (Å²) in [5, 5.41) is 9.12. The van der Waals surface area contributed by atoms with Crippen LogP contribution < -0.4 is 4.74 Å². The Hall–Kier alpha value is -1.82. The lowest BCUT2D eigenvalue weighted by Crippen LogP contribution is -2.03. The van der Waals surface area contributed by atoms with Crippen molar-refractivity contribution in [3.05, 3.63) is 69.3 Å². The lowest BCUT2D eigenvalue weighted by atomic mass is 10.2. The number of halogens is 1. The number of carboxylic acids is 1. The van der Waals surface area contributed by atoms with Crippen molar-refractivity contribution < 1.29 is 14.6 Å². The fraction of sp³-hybridized carbons (Fsp3) is 0.0625. The molecule has 0 aliphatic rings. The van der Waals surface area contributed by atoms with Gasteiger partial charge in [0.25, 0.3) is 0 Å². The van der Waals surface area contributed by atoms with Crippen molar-refractivity contribution in [2.75, 3.05) is 6.61 Å². The predicted octanol–water partition coefficient (Wildman–Crippen LogP) is 4.08. The van der Waals surface area contributed by atoms with Gasteiger partial charge in [-0.3, -0.25) is 0 Å². The quantitative estimate of drug-likeness (QED) is 0.796. The maximum Gasteiger partial charge on any atom is 0.339 e. The van der Waals surface area contributed by atoms with Crippen LogP contribution in [0.2, 0.25) is 0 Å². The zero-order valence-electron chi connectivity index (χ0n) is 10.6. The molecule has 20 heavy (non-hydrogen) atoms. The molecule has 3 nitrogen and oxygen atoms in total. The topological polar surface area (TPSA) is 46.5 Å². The van der Waals surface area contributed by atoms with Crippen molar-refractivity contribution in [2.45, 2.75) is 0 Å². The molecule has 0 atom stereocenters. The minimum atomic E-state index is -0.981. The molecule has 0 unspecified atom stereocenters. The lowest BCUT2D eigenvalue weighted by Gasteiger charge is -2.07. The lowest BCUT2D eigenvalue weighted by molar-refractivity contribution is 0.0692. The molecule has 0 aliphatic heterocycles. The third-order valence-electron chi connectivity index (χ3n) is 2.62. The Morgan fingerprint density at radius 3 is 2.65 bits per heavy atom. The normalized spacial score (nSPS) is 10.7. The summed E-state index contributed by atoms with van der Waals surface area (Å²) in [5.41, 5.74) is 1.27. The summed E-state index contributed by atoms with van der Waals surface area (Å²) in [7, 11) is 0. The molecule has 2 aromatic carbocycles. The zero-order valence-corrected chi connectivity index (χ0v) is 12.8. The smallest absolute Gasteiger partial charge is 0.339 e. The van der Waals surface area contributed by atoms with Crippen LogP contribution in [0, 0.1) is 3.57 Å². The van der Waals surface area contributed by atoms with E-state index in [-0.39, 0.29) is 5.56 Å². The van der Waals surface area contributed by atoms with Gasteiger partial charge < -0.3 is 9.84 Å². The Morgan fingerprint density at radius 1 is 1.20 bits per heavy atom. The van der Waals surface area contributed by atoms with E-state index in [1.807, 2.05) is 48.6 Å². The van der Waals surface area contributed by atoms with Gasteiger partial charge in [-0.25, -0.2) is 4.79 Å². The van der Waals surface area contributed by atoms with Crippen molar-refractivity contribution in [1.82, 2.24) is 0 Å². The predicted molar refractivity (Wildman–Crippen MR) is 87.1 cm³/mol.